The van der Waals surface area contributed by atoms with E-state index in [1.54, 1.807) is 47.0 Å². The lowest BCUT2D eigenvalue weighted by Gasteiger charge is -2.12. The van der Waals surface area contributed by atoms with E-state index in [2.05, 4.69) is 15.5 Å². The largest absolute Gasteiger partial charge is 0.495 e. The SMILES string of the molecule is COc1ccccc1NC(=O)CSc1nnc(CS(=O)(=O)c2ccc(C)cc2)n1-c1ccccc1. The van der Waals surface area contributed by atoms with E-state index in [0.29, 0.717) is 22.3 Å². The standard InChI is InChI=1S/C25H24N4O4S2/c1-18-12-14-20(15-13-18)35(31,32)17-23-27-28-25(29(23)19-8-4-3-5-9-19)34-16-24(30)26-21-10-6-7-11-22(21)33-2/h3-15H,16-17H2,1-2H3,(H,26,30). The third-order valence-electron chi connectivity index (χ3n) is 5.13. The zero-order valence-electron chi connectivity index (χ0n) is 19.2. The number of aryl methyl sites for hydroxylation is 1. The Balaban J connectivity index is 1.57. The number of methoxy groups -OCH3 is 1. The number of anilines is 1. The highest BCUT2D eigenvalue weighted by atomic mass is 32.2. The summed E-state index contributed by atoms with van der Waals surface area (Å²) < 4.78 is 33.1. The van der Waals surface area contributed by atoms with Crippen LogP contribution in [0.15, 0.2) is 88.9 Å². The van der Waals surface area contributed by atoms with Crippen LogP contribution >= 0.6 is 11.8 Å². The molecule has 8 nitrogen and oxygen atoms in total. The summed E-state index contributed by atoms with van der Waals surface area (Å²) in [5.41, 5.74) is 2.25. The van der Waals surface area contributed by atoms with Crippen LogP contribution in [-0.2, 0) is 20.4 Å². The van der Waals surface area contributed by atoms with E-state index in [1.807, 2.05) is 43.3 Å². The van der Waals surface area contributed by atoms with E-state index < -0.39 is 9.84 Å². The topological polar surface area (TPSA) is 103 Å². The van der Waals surface area contributed by atoms with Gasteiger partial charge in [0.1, 0.15) is 11.5 Å². The second kappa shape index (κ2) is 10.7. The summed E-state index contributed by atoms with van der Waals surface area (Å²) in [6.07, 6.45) is 0. The molecule has 0 bridgehead atoms. The van der Waals surface area contributed by atoms with Gasteiger partial charge in [0.05, 0.1) is 23.4 Å². The molecule has 1 N–H and O–H groups in total. The molecule has 0 aliphatic heterocycles. The van der Waals surface area contributed by atoms with Gasteiger partial charge in [0.25, 0.3) is 0 Å². The molecule has 0 atom stereocenters. The first-order chi connectivity index (χ1) is 16.9. The normalized spacial score (nSPS) is 11.3. The van der Waals surface area contributed by atoms with Crippen molar-refractivity contribution >= 4 is 33.2 Å². The van der Waals surface area contributed by atoms with Crippen molar-refractivity contribution in [2.24, 2.45) is 0 Å². The summed E-state index contributed by atoms with van der Waals surface area (Å²) in [6, 6.07) is 23.1. The number of benzene rings is 3. The number of amides is 1. The molecule has 0 saturated carbocycles. The molecule has 1 heterocycles. The maximum Gasteiger partial charge on any atom is 0.234 e. The third-order valence-corrected chi connectivity index (χ3v) is 7.69. The van der Waals surface area contributed by atoms with Gasteiger partial charge < -0.3 is 10.1 Å². The molecule has 0 aliphatic rings. The minimum atomic E-state index is -3.65. The maximum atomic E-state index is 13.1. The van der Waals surface area contributed by atoms with Crippen LogP contribution in [0.5, 0.6) is 5.75 Å². The maximum absolute atomic E-state index is 13.1. The first-order valence-electron chi connectivity index (χ1n) is 10.7. The molecule has 0 radical (unpaired) electrons. The van der Waals surface area contributed by atoms with Gasteiger partial charge >= 0.3 is 0 Å². The van der Waals surface area contributed by atoms with Crippen LogP contribution in [0.2, 0.25) is 0 Å². The van der Waals surface area contributed by atoms with E-state index in [4.69, 9.17) is 4.74 Å². The van der Waals surface area contributed by atoms with Gasteiger partial charge in [-0.15, -0.1) is 10.2 Å². The van der Waals surface area contributed by atoms with E-state index >= 15 is 0 Å². The van der Waals surface area contributed by atoms with Crippen molar-refractivity contribution < 1.29 is 17.9 Å². The summed E-state index contributed by atoms with van der Waals surface area (Å²) in [6.45, 7) is 1.90. The van der Waals surface area contributed by atoms with Crippen molar-refractivity contribution in [3.63, 3.8) is 0 Å². The van der Waals surface area contributed by atoms with E-state index in [0.717, 1.165) is 5.56 Å². The van der Waals surface area contributed by atoms with Crippen molar-refractivity contribution in [2.45, 2.75) is 22.7 Å². The fraction of sp³-hybridized carbons (Fsp3) is 0.160. The number of para-hydroxylation sites is 3. The lowest BCUT2D eigenvalue weighted by Crippen LogP contribution is -2.15. The molecule has 35 heavy (non-hydrogen) atoms. The highest BCUT2D eigenvalue weighted by Gasteiger charge is 2.23. The van der Waals surface area contributed by atoms with Crippen molar-refractivity contribution in [3.05, 3.63) is 90.3 Å². The van der Waals surface area contributed by atoms with Crippen molar-refractivity contribution in [1.82, 2.24) is 14.8 Å². The molecule has 0 saturated heterocycles. The quantitative estimate of drug-likeness (QED) is 0.337. The summed E-state index contributed by atoms with van der Waals surface area (Å²) in [7, 11) is -2.12. The average molecular weight is 509 g/mol. The zero-order valence-corrected chi connectivity index (χ0v) is 20.8. The van der Waals surface area contributed by atoms with E-state index in [-0.39, 0.29) is 28.1 Å². The Bertz CT molecular complexity index is 1420. The lowest BCUT2D eigenvalue weighted by atomic mass is 10.2. The number of carbonyl (C=O) groups excluding carboxylic acids is 1. The van der Waals surface area contributed by atoms with Crippen LogP contribution in [0.3, 0.4) is 0 Å². The van der Waals surface area contributed by atoms with Gasteiger partial charge in [-0.25, -0.2) is 8.42 Å². The van der Waals surface area contributed by atoms with Crippen LogP contribution in [0.4, 0.5) is 5.69 Å². The third kappa shape index (κ3) is 5.90. The molecule has 180 valence electrons. The second-order valence-corrected chi connectivity index (χ2v) is 10.6. The molecular formula is C25H24N4O4S2. The smallest absolute Gasteiger partial charge is 0.234 e. The Morgan fingerprint density at radius 1 is 0.971 bits per heavy atom. The summed E-state index contributed by atoms with van der Waals surface area (Å²) in [5.74, 6) is 0.293. The van der Waals surface area contributed by atoms with Gasteiger partial charge in [-0.3, -0.25) is 9.36 Å². The summed E-state index contributed by atoms with van der Waals surface area (Å²) in [5, 5.41) is 11.6. The molecule has 1 amide bonds. The second-order valence-electron chi connectivity index (χ2n) is 7.68. The van der Waals surface area contributed by atoms with Crippen LogP contribution in [-0.4, -0.2) is 42.0 Å². The monoisotopic (exact) mass is 508 g/mol. The molecule has 0 aliphatic carbocycles. The van der Waals surface area contributed by atoms with Crippen LogP contribution < -0.4 is 10.1 Å². The Hall–Kier alpha value is -3.63. The molecule has 1 aromatic heterocycles. The highest BCUT2D eigenvalue weighted by molar-refractivity contribution is 7.99. The molecule has 4 aromatic rings. The van der Waals surface area contributed by atoms with Gasteiger partial charge in [0.15, 0.2) is 20.8 Å². The number of nitrogens with one attached hydrogen (secondary N) is 1. The number of thioether (sulfide) groups is 1. The number of aromatic nitrogens is 3. The van der Waals surface area contributed by atoms with Gasteiger partial charge in [-0.2, -0.15) is 0 Å². The molecule has 10 heteroatoms. The lowest BCUT2D eigenvalue weighted by molar-refractivity contribution is -0.113. The highest BCUT2D eigenvalue weighted by Crippen LogP contribution is 2.26. The van der Waals surface area contributed by atoms with Gasteiger partial charge in [0.2, 0.25) is 5.91 Å². The molecule has 0 spiro atoms. The minimum absolute atomic E-state index is 0.0493. The predicted molar refractivity (Wildman–Crippen MR) is 136 cm³/mol. The molecular weight excluding hydrogens is 484 g/mol. The molecule has 0 fully saturated rings. The summed E-state index contributed by atoms with van der Waals surface area (Å²) >= 11 is 1.17. The number of nitrogens with zero attached hydrogens (tertiary/aromatic N) is 3. The van der Waals surface area contributed by atoms with Gasteiger partial charge in [-0.05, 0) is 43.3 Å². The molecule has 4 rings (SSSR count). The number of hydrogen-bond acceptors (Lipinski definition) is 7. The van der Waals surface area contributed by atoms with Crippen LogP contribution in [0.1, 0.15) is 11.4 Å². The number of carbonyl (C=O) groups is 1. The van der Waals surface area contributed by atoms with Gasteiger partial charge in [-0.1, -0.05) is 59.8 Å². The van der Waals surface area contributed by atoms with Crippen molar-refractivity contribution in [2.75, 3.05) is 18.2 Å². The Morgan fingerprint density at radius 2 is 1.66 bits per heavy atom. The predicted octanol–water partition coefficient (Wildman–Crippen LogP) is 4.29. The minimum Gasteiger partial charge on any atom is -0.495 e. The Kier molecular flexibility index (Phi) is 7.52. The van der Waals surface area contributed by atoms with Crippen LogP contribution in [0.25, 0.3) is 5.69 Å². The van der Waals surface area contributed by atoms with Crippen molar-refractivity contribution in [3.8, 4) is 11.4 Å². The molecule has 0 unspecified atom stereocenters. The number of sulfone groups is 1. The number of hydrogen-bond donors (Lipinski definition) is 1. The zero-order chi connectivity index (χ0) is 24.8. The first-order valence-corrected chi connectivity index (χ1v) is 13.4. The number of rotatable bonds is 9. The van der Waals surface area contributed by atoms with E-state index in [9.17, 15) is 13.2 Å². The fourth-order valence-electron chi connectivity index (χ4n) is 3.39. The Morgan fingerprint density at radius 3 is 2.37 bits per heavy atom. The van der Waals surface area contributed by atoms with E-state index in [1.165, 1.54) is 18.9 Å². The summed E-state index contributed by atoms with van der Waals surface area (Å²) in [4.78, 5) is 12.8. The van der Waals surface area contributed by atoms with Crippen molar-refractivity contribution in [1.29, 1.82) is 0 Å². The Labute approximate surface area is 208 Å². The first kappa shape index (κ1) is 24.5. The average Bonchev–Trinajstić information content (AvgIpc) is 3.25. The fourth-order valence-corrected chi connectivity index (χ4v) is 5.40. The number of ether oxygens (including phenoxy) is 1. The van der Waals surface area contributed by atoms with Crippen LogP contribution in [0, 0.1) is 6.92 Å². The van der Waals surface area contributed by atoms with Gasteiger partial charge in [0, 0.05) is 5.69 Å². The molecule has 3 aromatic carbocycles.